The number of hydrogen-bond acceptors (Lipinski definition) is 2. The van der Waals surface area contributed by atoms with Crippen LogP contribution in [-0.4, -0.2) is 9.97 Å². The molecule has 0 radical (unpaired) electrons. The van der Waals surface area contributed by atoms with Gasteiger partial charge in [-0.15, -0.1) is 0 Å². The van der Waals surface area contributed by atoms with Gasteiger partial charge >= 0.3 is 0 Å². The third-order valence-electron chi connectivity index (χ3n) is 10.5. The first-order chi connectivity index (χ1) is 26.7. The van der Waals surface area contributed by atoms with Crippen LogP contribution in [0.25, 0.3) is 99.6 Å². The van der Waals surface area contributed by atoms with Crippen LogP contribution in [0.2, 0.25) is 0 Å². The molecule has 2 heteroatoms. The largest absolute Gasteiger partial charge is 0.245 e. The van der Waals surface area contributed by atoms with E-state index in [9.17, 15) is 0 Å². The maximum Gasteiger partial charge on any atom is 0.0972 e. The van der Waals surface area contributed by atoms with Crippen LogP contribution >= 0.6 is 0 Å². The van der Waals surface area contributed by atoms with Gasteiger partial charge in [-0.1, -0.05) is 176 Å². The second kappa shape index (κ2) is 13.4. The lowest BCUT2D eigenvalue weighted by Crippen LogP contribution is -1.92. The van der Waals surface area contributed by atoms with Crippen molar-refractivity contribution in [2.75, 3.05) is 0 Å². The van der Waals surface area contributed by atoms with E-state index < -0.39 is 0 Å². The minimum absolute atomic E-state index is 0.912. The molecule has 2 nitrogen and oxygen atoms in total. The lowest BCUT2D eigenvalue weighted by Gasteiger charge is -2.15. The van der Waals surface area contributed by atoms with Gasteiger partial charge in [-0.25, -0.2) is 9.97 Å². The molecule has 0 bridgehead atoms. The predicted molar refractivity (Wildman–Crippen MR) is 227 cm³/mol. The van der Waals surface area contributed by atoms with Crippen LogP contribution in [0.3, 0.4) is 0 Å². The van der Waals surface area contributed by atoms with Gasteiger partial charge in [-0.2, -0.15) is 0 Å². The summed E-state index contributed by atoms with van der Waals surface area (Å²) in [6.45, 7) is 0. The number of benzene rings is 8. The quantitative estimate of drug-likeness (QED) is 0.163. The van der Waals surface area contributed by atoms with Crippen molar-refractivity contribution in [3.05, 3.63) is 206 Å². The zero-order valence-electron chi connectivity index (χ0n) is 29.5. The number of pyridine rings is 2. The molecule has 0 aliphatic rings. The number of fused-ring (bicyclic) bond motifs is 4. The van der Waals surface area contributed by atoms with E-state index in [0.717, 1.165) is 44.3 Å². The Bertz CT molecular complexity index is 2950. The third kappa shape index (κ3) is 5.81. The maximum absolute atomic E-state index is 5.33. The highest BCUT2D eigenvalue weighted by molar-refractivity contribution is 6.08. The van der Waals surface area contributed by atoms with Crippen molar-refractivity contribution in [3.8, 4) is 67.0 Å². The Morgan fingerprint density at radius 2 is 0.630 bits per heavy atom. The van der Waals surface area contributed by atoms with Crippen molar-refractivity contribution in [1.82, 2.24) is 9.97 Å². The summed E-state index contributed by atoms with van der Waals surface area (Å²) < 4.78 is 0. The second-order valence-electron chi connectivity index (χ2n) is 13.8. The van der Waals surface area contributed by atoms with Gasteiger partial charge in [0, 0.05) is 21.9 Å². The molecule has 0 atom stereocenters. The first kappa shape index (κ1) is 31.6. The van der Waals surface area contributed by atoms with Crippen LogP contribution in [0.4, 0.5) is 0 Å². The Labute approximate surface area is 314 Å². The fourth-order valence-corrected chi connectivity index (χ4v) is 7.69. The van der Waals surface area contributed by atoms with E-state index in [1.807, 2.05) is 6.07 Å². The highest BCUT2D eigenvalue weighted by Crippen LogP contribution is 2.40. The molecule has 0 spiro atoms. The molecule has 0 saturated heterocycles. The standard InChI is InChI=1S/C52H34N2/c1-4-12-35(13-5-1)37-20-22-38(23-21-37)43-32-42(36-14-6-2-7-15-36)33-44(34-43)45-28-29-48(47-19-11-10-18-46(45)47)50-31-27-41-25-24-40-26-30-49(39-16-8-3-9-17-39)53-51(40)52(41)54-50/h1-34H. The first-order valence-corrected chi connectivity index (χ1v) is 18.4. The topological polar surface area (TPSA) is 25.8 Å². The Hall–Kier alpha value is -7.16. The summed E-state index contributed by atoms with van der Waals surface area (Å²) >= 11 is 0. The molecule has 0 N–H and O–H groups in total. The smallest absolute Gasteiger partial charge is 0.0972 e. The molecule has 54 heavy (non-hydrogen) atoms. The van der Waals surface area contributed by atoms with Crippen molar-refractivity contribution < 1.29 is 0 Å². The summed E-state index contributed by atoms with van der Waals surface area (Å²) in [6, 6.07) is 73.6. The molecule has 0 aliphatic carbocycles. The van der Waals surface area contributed by atoms with E-state index in [-0.39, 0.29) is 0 Å². The van der Waals surface area contributed by atoms with Gasteiger partial charge in [0.15, 0.2) is 0 Å². The Balaban J connectivity index is 1.11. The van der Waals surface area contributed by atoms with Crippen molar-refractivity contribution in [3.63, 3.8) is 0 Å². The molecule has 8 aromatic carbocycles. The molecule has 0 fully saturated rings. The normalized spacial score (nSPS) is 11.3. The van der Waals surface area contributed by atoms with Crippen LogP contribution in [0, 0.1) is 0 Å². The van der Waals surface area contributed by atoms with E-state index in [1.165, 1.54) is 55.3 Å². The molecule has 10 aromatic rings. The monoisotopic (exact) mass is 686 g/mol. The summed E-state index contributed by atoms with van der Waals surface area (Å²) in [5, 5.41) is 4.51. The minimum atomic E-state index is 0.912. The maximum atomic E-state index is 5.33. The Kier molecular flexibility index (Phi) is 7.85. The SMILES string of the molecule is c1ccc(-c2ccc(-c3cc(-c4ccccc4)cc(-c4ccc(-c5ccc6ccc7ccc(-c8ccccc8)nc7c6n5)c5ccccc45)c3)cc2)cc1. The summed E-state index contributed by atoms with van der Waals surface area (Å²) in [5.41, 5.74) is 15.5. The predicted octanol–water partition coefficient (Wildman–Crippen LogP) is 13.9. The van der Waals surface area contributed by atoms with E-state index in [1.54, 1.807) is 0 Å². The van der Waals surface area contributed by atoms with Gasteiger partial charge in [0.1, 0.15) is 0 Å². The second-order valence-corrected chi connectivity index (χ2v) is 13.8. The highest BCUT2D eigenvalue weighted by atomic mass is 14.8. The number of aromatic nitrogens is 2. The summed E-state index contributed by atoms with van der Waals surface area (Å²) in [7, 11) is 0. The zero-order chi connectivity index (χ0) is 35.8. The van der Waals surface area contributed by atoms with Gasteiger partial charge in [0.05, 0.1) is 22.4 Å². The summed E-state index contributed by atoms with van der Waals surface area (Å²) in [4.78, 5) is 10.5. The van der Waals surface area contributed by atoms with Crippen LogP contribution in [-0.2, 0) is 0 Å². The molecule has 252 valence electrons. The zero-order valence-corrected chi connectivity index (χ0v) is 29.5. The summed E-state index contributed by atoms with van der Waals surface area (Å²) in [5.74, 6) is 0. The third-order valence-corrected chi connectivity index (χ3v) is 10.5. The molecule has 10 rings (SSSR count). The van der Waals surface area contributed by atoms with Crippen LogP contribution < -0.4 is 0 Å². The first-order valence-electron chi connectivity index (χ1n) is 18.4. The molecule has 0 saturated carbocycles. The Morgan fingerprint density at radius 1 is 0.241 bits per heavy atom. The number of hydrogen-bond donors (Lipinski definition) is 0. The van der Waals surface area contributed by atoms with Crippen LogP contribution in [0.5, 0.6) is 0 Å². The lowest BCUT2D eigenvalue weighted by molar-refractivity contribution is 1.37. The average molecular weight is 687 g/mol. The van der Waals surface area contributed by atoms with E-state index in [0.29, 0.717) is 0 Å². The van der Waals surface area contributed by atoms with Crippen LogP contribution in [0.15, 0.2) is 206 Å². The van der Waals surface area contributed by atoms with Gasteiger partial charge in [-0.05, 0) is 85.6 Å². The van der Waals surface area contributed by atoms with Crippen molar-refractivity contribution >= 4 is 32.6 Å². The highest BCUT2D eigenvalue weighted by Gasteiger charge is 2.15. The molecule has 0 aliphatic heterocycles. The Morgan fingerprint density at radius 3 is 1.22 bits per heavy atom. The van der Waals surface area contributed by atoms with Crippen molar-refractivity contribution in [2.24, 2.45) is 0 Å². The average Bonchev–Trinajstić information content (AvgIpc) is 3.26. The summed E-state index contributed by atoms with van der Waals surface area (Å²) in [6.07, 6.45) is 0. The number of rotatable bonds is 6. The van der Waals surface area contributed by atoms with Gasteiger partial charge < -0.3 is 0 Å². The molecular formula is C52H34N2. The van der Waals surface area contributed by atoms with Crippen molar-refractivity contribution in [1.29, 1.82) is 0 Å². The van der Waals surface area contributed by atoms with Gasteiger partial charge in [-0.3, -0.25) is 0 Å². The number of nitrogens with zero attached hydrogens (tertiary/aromatic N) is 2. The van der Waals surface area contributed by atoms with E-state index in [4.69, 9.17) is 9.97 Å². The fourth-order valence-electron chi connectivity index (χ4n) is 7.69. The molecular weight excluding hydrogens is 653 g/mol. The molecule has 0 unspecified atom stereocenters. The van der Waals surface area contributed by atoms with Gasteiger partial charge in [0.2, 0.25) is 0 Å². The van der Waals surface area contributed by atoms with E-state index >= 15 is 0 Å². The molecule has 0 amide bonds. The minimum Gasteiger partial charge on any atom is -0.245 e. The molecule has 2 aromatic heterocycles. The molecule has 2 heterocycles. The van der Waals surface area contributed by atoms with Gasteiger partial charge in [0.25, 0.3) is 0 Å². The van der Waals surface area contributed by atoms with E-state index in [2.05, 4.69) is 200 Å². The van der Waals surface area contributed by atoms with Crippen molar-refractivity contribution in [2.45, 2.75) is 0 Å². The fraction of sp³-hybridized carbons (Fsp3) is 0. The lowest BCUT2D eigenvalue weighted by atomic mass is 9.89. The van der Waals surface area contributed by atoms with Crippen LogP contribution in [0.1, 0.15) is 0 Å².